The van der Waals surface area contributed by atoms with E-state index in [1.165, 1.54) is 4.90 Å². The minimum Gasteiger partial charge on any atom is -0.457 e. The van der Waals surface area contributed by atoms with Crippen molar-refractivity contribution in [1.29, 1.82) is 0 Å². The Hall–Kier alpha value is -3.89. The summed E-state index contributed by atoms with van der Waals surface area (Å²) < 4.78 is 5.46. The fourth-order valence-electron chi connectivity index (χ4n) is 3.46. The van der Waals surface area contributed by atoms with Gasteiger partial charge in [0.1, 0.15) is 5.69 Å². The Kier molecular flexibility index (Phi) is 7.33. The zero-order chi connectivity index (χ0) is 24.9. The van der Waals surface area contributed by atoms with Gasteiger partial charge in [-0.3, -0.25) is 4.79 Å². The molecule has 35 heavy (non-hydrogen) atoms. The van der Waals surface area contributed by atoms with Gasteiger partial charge in [0.25, 0.3) is 5.91 Å². The SMILES string of the molecule is CC1=NN(c2cnc(Nc3ccc(C(=O)N(C)C)c(Cl)c3)nc2N[C@H](CO)c2ccccc2)CO1. The number of carbonyl (C=O) groups is 1. The summed E-state index contributed by atoms with van der Waals surface area (Å²) in [6.45, 7) is 1.84. The van der Waals surface area contributed by atoms with Crippen molar-refractivity contribution in [3.05, 3.63) is 70.9 Å². The van der Waals surface area contributed by atoms with Crippen molar-refractivity contribution >= 4 is 46.5 Å². The zero-order valence-corrected chi connectivity index (χ0v) is 20.3. The molecule has 11 heteroatoms. The number of ether oxygens (including phenoxy) is 1. The highest BCUT2D eigenvalue weighted by Crippen LogP contribution is 2.31. The van der Waals surface area contributed by atoms with Gasteiger partial charge < -0.3 is 25.4 Å². The Morgan fingerprint density at radius 3 is 2.66 bits per heavy atom. The molecule has 0 fully saturated rings. The van der Waals surface area contributed by atoms with Crippen LogP contribution in [-0.4, -0.2) is 59.2 Å². The number of nitrogens with one attached hydrogen (secondary N) is 2. The minimum atomic E-state index is -0.405. The molecule has 3 aromatic rings. The summed E-state index contributed by atoms with van der Waals surface area (Å²) in [7, 11) is 3.33. The Balaban J connectivity index is 1.64. The number of carbonyl (C=O) groups excluding carboxylic acids is 1. The number of anilines is 4. The predicted molar refractivity (Wildman–Crippen MR) is 136 cm³/mol. The van der Waals surface area contributed by atoms with Crippen molar-refractivity contribution in [2.24, 2.45) is 5.10 Å². The zero-order valence-electron chi connectivity index (χ0n) is 19.6. The normalized spacial score (nSPS) is 13.6. The summed E-state index contributed by atoms with van der Waals surface area (Å²) in [5, 5.41) is 22.8. The molecule has 0 saturated carbocycles. The number of aromatic nitrogens is 2. The Bertz CT molecular complexity index is 1240. The molecule has 3 N–H and O–H groups in total. The lowest BCUT2D eigenvalue weighted by Gasteiger charge is -2.22. The number of benzene rings is 2. The number of aliphatic hydroxyl groups is 1. The van der Waals surface area contributed by atoms with Crippen LogP contribution >= 0.6 is 11.6 Å². The molecule has 0 radical (unpaired) electrons. The molecule has 0 aliphatic carbocycles. The summed E-state index contributed by atoms with van der Waals surface area (Å²) in [6.07, 6.45) is 1.62. The van der Waals surface area contributed by atoms with Crippen LogP contribution in [0.2, 0.25) is 5.02 Å². The Labute approximate surface area is 208 Å². The lowest BCUT2D eigenvalue weighted by Crippen LogP contribution is -2.22. The van der Waals surface area contributed by atoms with Crippen molar-refractivity contribution in [3.63, 3.8) is 0 Å². The lowest BCUT2D eigenvalue weighted by atomic mass is 10.1. The maximum atomic E-state index is 12.3. The topological polar surface area (TPSA) is 115 Å². The first-order valence-electron chi connectivity index (χ1n) is 10.9. The number of nitrogens with zero attached hydrogens (tertiary/aromatic N) is 5. The molecular weight excluding hydrogens is 470 g/mol. The van der Waals surface area contributed by atoms with E-state index >= 15 is 0 Å². The van der Waals surface area contributed by atoms with E-state index in [1.54, 1.807) is 50.4 Å². The third-order valence-electron chi connectivity index (χ3n) is 5.26. The molecule has 1 aliphatic rings. The number of aliphatic hydroxyl groups excluding tert-OH is 1. The number of hydrogen-bond acceptors (Lipinski definition) is 9. The summed E-state index contributed by atoms with van der Waals surface area (Å²) in [6, 6.07) is 14.2. The second kappa shape index (κ2) is 10.6. The first-order chi connectivity index (χ1) is 16.9. The van der Waals surface area contributed by atoms with Crippen LogP contribution in [0.25, 0.3) is 0 Å². The van der Waals surface area contributed by atoms with E-state index in [1.807, 2.05) is 30.3 Å². The van der Waals surface area contributed by atoms with Gasteiger partial charge in [0.2, 0.25) is 11.8 Å². The average Bonchev–Trinajstić information content (AvgIpc) is 3.28. The van der Waals surface area contributed by atoms with E-state index in [4.69, 9.17) is 16.3 Å². The number of amides is 1. The van der Waals surface area contributed by atoms with Crippen LogP contribution < -0.4 is 15.6 Å². The molecule has 182 valence electrons. The van der Waals surface area contributed by atoms with Crippen LogP contribution in [0.3, 0.4) is 0 Å². The van der Waals surface area contributed by atoms with E-state index in [2.05, 4.69) is 25.7 Å². The highest BCUT2D eigenvalue weighted by atomic mass is 35.5. The van der Waals surface area contributed by atoms with E-state index < -0.39 is 6.04 Å². The molecule has 1 aromatic heterocycles. The van der Waals surface area contributed by atoms with Crippen LogP contribution in [0.4, 0.5) is 23.1 Å². The van der Waals surface area contributed by atoms with Crippen LogP contribution in [0.5, 0.6) is 0 Å². The number of rotatable bonds is 8. The molecule has 1 aliphatic heterocycles. The smallest absolute Gasteiger partial charge is 0.254 e. The minimum absolute atomic E-state index is 0.147. The Morgan fingerprint density at radius 1 is 1.26 bits per heavy atom. The molecule has 1 atom stereocenters. The van der Waals surface area contributed by atoms with Crippen LogP contribution in [0, 0.1) is 0 Å². The molecule has 0 unspecified atom stereocenters. The monoisotopic (exact) mass is 495 g/mol. The quantitative estimate of drug-likeness (QED) is 0.431. The van der Waals surface area contributed by atoms with Crippen LogP contribution in [-0.2, 0) is 4.74 Å². The Morgan fingerprint density at radius 2 is 2.03 bits per heavy atom. The third-order valence-corrected chi connectivity index (χ3v) is 5.57. The van der Waals surface area contributed by atoms with Gasteiger partial charge in [0.05, 0.1) is 29.4 Å². The molecule has 2 aromatic carbocycles. The van der Waals surface area contributed by atoms with E-state index in [0.29, 0.717) is 39.6 Å². The van der Waals surface area contributed by atoms with Crippen molar-refractivity contribution in [3.8, 4) is 0 Å². The van der Waals surface area contributed by atoms with Crippen molar-refractivity contribution in [2.45, 2.75) is 13.0 Å². The van der Waals surface area contributed by atoms with Gasteiger partial charge in [-0.15, -0.1) is 5.10 Å². The van der Waals surface area contributed by atoms with Crippen molar-refractivity contribution < 1.29 is 14.6 Å². The average molecular weight is 496 g/mol. The van der Waals surface area contributed by atoms with E-state index in [0.717, 1.165) is 5.56 Å². The molecule has 2 heterocycles. The maximum absolute atomic E-state index is 12.3. The summed E-state index contributed by atoms with van der Waals surface area (Å²) in [5.74, 6) is 1.10. The lowest BCUT2D eigenvalue weighted by molar-refractivity contribution is 0.0828. The molecular formula is C24H26ClN7O3. The van der Waals surface area contributed by atoms with Gasteiger partial charge in [-0.05, 0) is 23.8 Å². The molecule has 4 rings (SSSR count). The molecule has 1 amide bonds. The van der Waals surface area contributed by atoms with E-state index in [-0.39, 0.29) is 19.2 Å². The fraction of sp³-hybridized carbons (Fsp3) is 0.250. The summed E-state index contributed by atoms with van der Waals surface area (Å²) >= 11 is 6.34. The number of hydrazone groups is 1. The van der Waals surface area contributed by atoms with Gasteiger partial charge in [-0.1, -0.05) is 41.9 Å². The second-order valence-electron chi connectivity index (χ2n) is 8.03. The molecule has 10 nitrogen and oxygen atoms in total. The largest absolute Gasteiger partial charge is 0.457 e. The first kappa shape index (κ1) is 24.2. The summed E-state index contributed by atoms with van der Waals surface area (Å²) in [5.41, 5.74) is 2.51. The van der Waals surface area contributed by atoms with E-state index in [9.17, 15) is 9.90 Å². The van der Waals surface area contributed by atoms with Gasteiger partial charge in [-0.2, -0.15) is 4.98 Å². The van der Waals surface area contributed by atoms with Crippen molar-refractivity contribution in [1.82, 2.24) is 14.9 Å². The highest BCUT2D eigenvalue weighted by molar-refractivity contribution is 6.34. The standard InChI is InChI=1S/C24H26ClN7O3/c1-15-30-32(14-35-15)21-12-26-24(27-17-9-10-18(19(25)11-17)23(34)31(2)3)29-22(21)28-20(13-33)16-7-5-4-6-8-16/h4-12,20,33H,13-14H2,1-3H3,(H2,26,27,28,29)/t20-/m1/s1. The predicted octanol–water partition coefficient (Wildman–Crippen LogP) is 3.85. The number of hydrogen-bond donors (Lipinski definition) is 3. The van der Waals surface area contributed by atoms with Crippen molar-refractivity contribution in [2.75, 3.05) is 43.1 Å². The van der Waals surface area contributed by atoms with Gasteiger partial charge >= 0.3 is 0 Å². The maximum Gasteiger partial charge on any atom is 0.254 e. The van der Waals surface area contributed by atoms with Gasteiger partial charge in [-0.25, -0.2) is 9.99 Å². The first-order valence-corrected chi connectivity index (χ1v) is 11.3. The second-order valence-corrected chi connectivity index (χ2v) is 8.44. The molecule has 0 bridgehead atoms. The number of halogens is 1. The van der Waals surface area contributed by atoms with Crippen LogP contribution in [0.15, 0.2) is 59.8 Å². The fourth-order valence-corrected chi connectivity index (χ4v) is 3.72. The van der Waals surface area contributed by atoms with Gasteiger partial charge in [0.15, 0.2) is 12.5 Å². The van der Waals surface area contributed by atoms with Crippen LogP contribution in [0.1, 0.15) is 28.9 Å². The molecule has 0 spiro atoms. The van der Waals surface area contributed by atoms with Gasteiger partial charge in [0, 0.05) is 26.7 Å². The summed E-state index contributed by atoms with van der Waals surface area (Å²) in [4.78, 5) is 22.8. The molecule has 0 saturated heterocycles. The third kappa shape index (κ3) is 5.61. The highest BCUT2D eigenvalue weighted by Gasteiger charge is 2.22.